The van der Waals surface area contributed by atoms with Gasteiger partial charge in [-0.1, -0.05) is 35.3 Å². The molecule has 144 valence electrons. The lowest BCUT2D eigenvalue weighted by atomic mass is 10.2. The molecule has 1 amide bonds. The molecule has 10 heteroatoms. The minimum atomic E-state index is -3.71. The second kappa shape index (κ2) is 8.71. The van der Waals surface area contributed by atoms with Crippen LogP contribution in [0.2, 0.25) is 10.0 Å². The van der Waals surface area contributed by atoms with Crippen LogP contribution in [0, 0.1) is 0 Å². The average Bonchev–Trinajstić information content (AvgIpc) is 2.65. The summed E-state index contributed by atoms with van der Waals surface area (Å²) >= 11 is 11.9. The van der Waals surface area contributed by atoms with E-state index in [-0.39, 0.29) is 26.2 Å². The number of hydrogen-bond donors (Lipinski definition) is 2. The number of halogens is 2. The zero-order valence-electron chi connectivity index (χ0n) is 14.3. The van der Waals surface area contributed by atoms with Crippen molar-refractivity contribution in [2.75, 3.05) is 12.4 Å². The summed E-state index contributed by atoms with van der Waals surface area (Å²) in [6.07, 6.45) is -1.16. The molecule has 0 heterocycles. The van der Waals surface area contributed by atoms with Crippen molar-refractivity contribution in [2.45, 2.75) is 17.9 Å². The van der Waals surface area contributed by atoms with E-state index >= 15 is 0 Å². The van der Waals surface area contributed by atoms with Gasteiger partial charge in [-0.05, 0) is 44.3 Å². The molecule has 0 aliphatic carbocycles. The van der Waals surface area contributed by atoms with Crippen molar-refractivity contribution in [1.29, 1.82) is 0 Å². The van der Waals surface area contributed by atoms with Gasteiger partial charge < -0.3 is 10.1 Å². The molecule has 0 spiro atoms. The fourth-order valence-corrected chi connectivity index (χ4v) is 3.15. The van der Waals surface area contributed by atoms with Gasteiger partial charge in [0, 0.05) is 0 Å². The number of esters is 1. The fraction of sp³-hybridized carbons (Fsp3) is 0.176. The van der Waals surface area contributed by atoms with Crippen LogP contribution < -0.4 is 10.0 Å². The average molecular weight is 431 g/mol. The molecule has 0 aliphatic heterocycles. The van der Waals surface area contributed by atoms with Crippen molar-refractivity contribution in [3.05, 3.63) is 58.1 Å². The van der Waals surface area contributed by atoms with Gasteiger partial charge in [0.05, 0.1) is 26.2 Å². The van der Waals surface area contributed by atoms with E-state index in [1.165, 1.54) is 32.2 Å². The third-order valence-electron chi connectivity index (χ3n) is 3.51. The third kappa shape index (κ3) is 5.20. The number of benzene rings is 2. The quantitative estimate of drug-likeness (QED) is 0.685. The van der Waals surface area contributed by atoms with Crippen LogP contribution >= 0.6 is 23.2 Å². The molecule has 7 nitrogen and oxygen atoms in total. The first-order valence-corrected chi connectivity index (χ1v) is 9.89. The fourth-order valence-electron chi connectivity index (χ4n) is 2.02. The van der Waals surface area contributed by atoms with E-state index in [9.17, 15) is 18.0 Å². The van der Waals surface area contributed by atoms with Crippen LogP contribution in [-0.4, -0.2) is 33.4 Å². The first kappa shape index (κ1) is 21.2. The van der Waals surface area contributed by atoms with Crippen molar-refractivity contribution in [3.63, 3.8) is 0 Å². The van der Waals surface area contributed by atoms with E-state index < -0.39 is 28.0 Å². The molecule has 0 saturated heterocycles. The van der Waals surface area contributed by atoms with Crippen molar-refractivity contribution in [1.82, 2.24) is 4.72 Å². The van der Waals surface area contributed by atoms with Crippen molar-refractivity contribution in [3.8, 4) is 0 Å². The molecule has 0 radical (unpaired) electrons. The van der Waals surface area contributed by atoms with Crippen molar-refractivity contribution < 1.29 is 22.7 Å². The number of sulfonamides is 1. The van der Waals surface area contributed by atoms with Crippen molar-refractivity contribution in [2.24, 2.45) is 0 Å². The topological polar surface area (TPSA) is 102 Å². The molecule has 1 unspecified atom stereocenters. The summed E-state index contributed by atoms with van der Waals surface area (Å²) in [5, 5.41) is 2.94. The van der Waals surface area contributed by atoms with Gasteiger partial charge in [0.15, 0.2) is 6.10 Å². The highest BCUT2D eigenvalue weighted by Crippen LogP contribution is 2.29. The van der Waals surface area contributed by atoms with Gasteiger partial charge in [0.2, 0.25) is 10.0 Å². The first-order chi connectivity index (χ1) is 12.7. The first-order valence-electron chi connectivity index (χ1n) is 7.65. The Morgan fingerprint density at radius 3 is 2.44 bits per heavy atom. The summed E-state index contributed by atoms with van der Waals surface area (Å²) in [6.45, 7) is 1.37. The molecule has 0 fully saturated rings. The highest BCUT2D eigenvalue weighted by atomic mass is 35.5. The maximum Gasteiger partial charge on any atom is 0.338 e. The van der Waals surface area contributed by atoms with Gasteiger partial charge >= 0.3 is 5.97 Å². The summed E-state index contributed by atoms with van der Waals surface area (Å²) in [4.78, 5) is 24.4. The van der Waals surface area contributed by atoms with Gasteiger partial charge in [0.25, 0.3) is 5.91 Å². The maximum absolute atomic E-state index is 12.2. The molecule has 1 atom stereocenters. The van der Waals surface area contributed by atoms with Gasteiger partial charge in [-0.15, -0.1) is 0 Å². The predicted octanol–water partition coefficient (Wildman–Crippen LogP) is 3.09. The van der Waals surface area contributed by atoms with Crippen LogP contribution in [0.3, 0.4) is 0 Å². The molecule has 27 heavy (non-hydrogen) atoms. The Balaban J connectivity index is 2.10. The Kier molecular flexibility index (Phi) is 6.83. The number of ether oxygens (including phenoxy) is 1. The largest absolute Gasteiger partial charge is 0.449 e. The molecule has 2 rings (SSSR count). The predicted molar refractivity (Wildman–Crippen MR) is 103 cm³/mol. The summed E-state index contributed by atoms with van der Waals surface area (Å²) in [5.41, 5.74) is 0.269. The Hall–Kier alpha value is -2.13. The summed E-state index contributed by atoms with van der Waals surface area (Å²) in [7, 11) is -2.46. The van der Waals surface area contributed by atoms with E-state index in [1.54, 1.807) is 18.2 Å². The molecule has 2 N–H and O–H groups in total. The zero-order chi connectivity index (χ0) is 20.2. The molecular weight excluding hydrogens is 415 g/mol. The van der Waals surface area contributed by atoms with Crippen LogP contribution in [-0.2, 0) is 19.6 Å². The maximum atomic E-state index is 12.2. The normalized spacial score (nSPS) is 12.3. The third-order valence-corrected chi connectivity index (χ3v) is 5.74. The number of carbonyl (C=O) groups excluding carboxylic acids is 2. The van der Waals surface area contributed by atoms with Gasteiger partial charge in [-0.3, -0.25) is 4.79 Å². The lowest BCUT2D eigenvalue weighted by Crippen LogP contribution is -2.30. The number of nitrogens with one attached hydrogen (secondary N) is 2. The van der Waals surface area contributed by atoms with Gasteiger partial charge in [0.1, 0.15) is 0 Å². The minimum Gasteiger partial charge on any atom is -0.449 e. The lowest BCUT2D eigenvalue weighted by molar-refractivity contribution is -0.123. The van der Waals surface area contributed by atoms with E-state index in [0.717, 1.165) is 6.07 Å². The number of amides is 1. The monoisotopic (exact) mass is 430 g/mol. The van der Waals surface area contributed by atoms with Crippen LogP contribution in [0.1, 0.15) is 17.3 Å². The highest BCUT2D eigenvalue weighted by Gasteiger charge is 2.21. The second-order valence-electron chi connectivity index (χ2n) is 5.37. The number of carbonyl (C=O) groups is 2. The van der Waals surface area contributed by atoms with Crippen molar-refractivity contribution >= 4 is 50.8 Å². The second-order valence-corrected chi connectivity index (χ2v) is 8.05. The standard InChI is InChI=1S/C17H16Cl2N2O5S/c1-10(16(22)21-14-8-4-7-13(18)15(14)19)26-17(23)11-5-3-6-12(9-11)27(24,25)20-2/h3-10,20H,1-2H3,(H,21,22). The SMILES string of the molecule is CNS(=O)(=O)c1cccc(C(=O)OC(C)C(=O)Nc2cccc(Cl)c2Cl)c1. The van der Waals surface area contributed by atoms with E-state index in [0.29, 0.717) is 0 Å². The summed E-state index contributed by atoms with van der Waals surface area (Å²) in [6, 6.07) is 10.00. The molecule has 0 saturated carbocycles. The lowest BCUT2D eigenvalue weighted by Gasteiger charge is -2.15. The Morgan fingerprint density at radius 1 is 1.11 bits per heavy atom. The molecule has 2 aromatic carbocycles. The Labute approximate surface area is 166 Å². The van der Waals surface area contributed by atoms with Gasteiger partial charge in [-0.25, -0.2) is 17.9 Å². The smallest absolute Gasteiger partial charge is 0.338 e. The van der Waals surface area contributed by atoms with Crippen LogP contribution in [0.5, 0.6) is 0 Å². The van der Waals surface area contributed by atoms with Crippen LogP contribution in [0.4, 0.5) is 5.69 Å². The minimum absolute atomic E-state index is 0.00763. The Morgan fingerprint density at radius 2 is 1.78 bits per heavy atom. The molecule has 2 aromatic rings. The van der Waals surface area contributed by atoms with E-state index in [2.05, 4.69) is 10.0 Å². The number of hydrogen-bond acceptors (Lipinski definition) is 5. The zero-order valence-corrected chi connectivity index (χ0v) is 16.7. The van der Waals surface area contributed by atoms with Crippen LogP contribution in [0.15, 0.2) is 47.4 Å². The number of anilines is 1. The van der Waals surface area contributed by atoms with E-state index in [4.69, 9.17) is 27.9 Å². The highest BCUT2D eigenvalue weighted by molar-refractivity contribution is 7.89. The molecule has 0 aliphatic rings. The number of rotatable bonds is 6. The van der Waals surface area contributed by atoms with E-state index in [1.807, 2.05) is 0 Å². The Bertz CT molecular complexity index is 979. The van der Waals surface area contributed by atoms with Crippen LogP contribution in [0.25, 0.3) is 0 Å². The van der Waals surface area contributed by atoms with Gasteiger partial charge in [-0.2, -0.15) is 0 Å². The summed E-state index contributed by atoms with van der Waals surface area (Å²) in [5.74, 6) is -1.46. The molecule has 0 bridgehead atoms. The summed E-state index contributed by atoms with van der Waals surface area (Å²) < 4.78 is 30.9. The molecule has 0 aromatic heterocycles. The molecular formula is C17H16Cl2N2O5S.